The van der Waals surface area contributed by atoms with E-state index < -0.39 is 0 Å². The van der Waals surface area contributed by atoms with Gasteiger partial charge in [-0.25, -0.2) is 19.9 Å². The van der Waals surface area contributed by atoms with Gasteiger partial charge in [-0.2, -0.15) is 10.5 Å². The molecule has 2 fully saturated rings. The van der Waals surface area contributed by atoms with Gasteiger partial charge in [-0.05, 0) is 109 Å². The zero-order valence-corrected chi connectivity index (χ0v) is 32.9. The Kier molecular flexibility index (Phi) is 11.2. The largest absolute Gasteiger partial charge is 0.383 e. The molecule has 6 aromatic heterocycles. The van der Waals surface area contributed by atoms with Crippen LogP contribution in [0.4, 0.5) is 23.3 Å². The van der Waals surface area contributed by atoms with Crippen LogP contribution in [0, 0.1) is 60.2 Å². The van der Waals surface area contributed by atoms with Gasteiger partial charge in [0.2, 0.25) is 11.8 Å². The number of aromatic nitrogens is 6. The number of carbonyl (C=O) groups is 2. The van der Waals surface area contributed by atoms with E-state index in [1.807, 2.05) is 38.1 Å². The third-order valence-corrected chi connectivity index (χ3v) is 11.1. The average molecular weight is 773 g/mol. The normalized spacial score (nSPS) is 17.7. The Balaban J connectivity index is 0.000000177. The number of rotatable bonds is 10. The first-order valence-corrected chi connectivity index (χ1v) is 19.4. The summed E-state index contributed by atoms with van der Waals surface area (Å²) in [6.45, 7) is 8.17. The molecule has 0 aromatic carbocycles. The molecule has 2 saturated carbocycles. The summed E-state index contributed by atoms with van der Waals surface area (Å²) in [5.41, 5.74) is 20.2. The lowest BCUT2D eigenvalue weighted by Crippen LogP contribution is -2.16. The van der Waals surface area contributed by atoms with Crippen LogP contribution in [0.5, 0.6) is 0 Å². The van der Waals surface area contributed by atoms with E-state index in [0.717, 1.165) is 92.0 Å². The molecule has 0 spiro atoms. The first-order valence-electron chi connectivity index (χ1n) is 19.4. The van der Waals surface area contributed by atoms with E-state index in [0.29, 0.717) is 36.1 Å². The van der Waals surface area contributed by atoms with Crippen LogP contribution < -0.4 is 22.1 Å². The van der Waals surface area contributed by atoms with Gasteiger partial charge in [0.1, 0.15) is 23.3 Å². The number of nitrogens with zero attached hydrogens (tertiary/aromatic N) is 8. The molecule has 2 amide bonds. The number of hydrogen-bond acceptors (Lipinski definition) is 12. The number of carbonyl (C=O) groups excluding carboxylic acids is 2. The maximum absolute atomic E-state index is 12.4. The van der Waals surface area contributed by atoms with E-state index in [-0.39, 0.29) is 35.5 Å². The van der Waals surface area contributed by atoms with E-state index in [1.165, 1.54) is 0 Å². The van der Waals surface area contributed by atoms with E-state index >= 15 is 0 Å². The summed E-state index contributed by atoms with van der Waals surface area (Å²) in [6.07, 6.45) is 14.3. The molecule has 6 N–H and O–H groups in total. The molecule has 14 nitrogen and oxygen atoms in total. The Hall–Kier alpha value is -7.06. The topological polar surface area (TPSA) is 235 Å². The molecule has 6 aromatic rings. The molecule has 0 aliphatic heterocycles. The van der Waals surface area contributed by atoms with E-state index in [1.54, 1.807) is 37.2 Å². The number of nitriles is 2. The van der Waals surface area contributed by atoms with Gasteiger partial charge >= 0.3 is 0 Å². The van der Waals surface area contributed by atoms with Crippen molar-refractivity contribution in [3.05, 3.63) is 83.7 Å². The fourth-order valence-electron chi connectivity index (χ4n) is 7.55. The number of pyridine rings is 6. The van der Waals surface area contributed by atoms with Crippen molar-refractivity contribution in [2.75, 3.05) is 22.1 Å². The molecular weight excluding hydrogens is 729 g/mol. The van der Waals surface area contributed by atoms with Gasteiger partial charge in [0.05, 0.1) is 23.5 Å². The summed E-state index contributed by atoms with van der Waals surface area (Å²) in [7, 11) is 0. The minimum Gasteiger partial charge on any atom is -0.383 e. The fourth-order valence-corrected chi connectivity index (χ4v) is 7.55. The van der Waals surface area contributed by atoms with Crippen LogP contribution in [0.2, 0.25) is 0 Å². The van der Waals surface area contributed by atoms with Gasteiger partial charge in [0, 0.05) is 83.8 Å². The Morgan fingerprint density at radius 3 is 1.47 bits per heavy atom. The van der Waals surface area contributed by atoms with Gasteiger partial charge in [-0.15, -0.1) is 0 Å². The molecule has 8 rings (SSSR count). The lowest BCUT2D eigenvalue weighted by Gasteiger charge is -2.15. The molecule has 0 radical (unpaired) electrons. The molecule has 14 heteroatoms. The van der Waals surface area contributed by atoms with Crippen LogP contribution in [0.3, 0.4) is 0 Å². The molecule has 4 atom stereocenters. The standard InChI is InChI=1S/2C22H22N6O/c2*1-3-14-16-9-19(27-22(29)15-8-13(15)4-6-23)26-11-18(16)21(24)28-20(14)17-10-25-7-5-12(17)2/h2*5,7,9-11,13,15H,3-4,8H2,1-2H3,(H2,24,28)(H,26,27,29)/t2*13-,15-/m10/s1. The van der Waals surface area contributed by atoms with Crippen LogP contribution in [-0.2, 0) is 22.4 Å². The SMILES string of the molecule is CCc1c(-c2cnccc2C)nc(N)c2cnc(NC(=O)[C@@H]3C[C@H]3CC#N)cc12.CCc1c(-c2cnccc2C)nc(N)c2cnc(NC(=O)[C@H]3C[C@@H]3CC#N)cc12. The van der Waals surface area contributed by atoms with Gasteiger partial charge in [0.25, 0.3) is 0 Å². The first kappa shape index (κ1) is 39.2. The van der Waals surface area contributed by atoms with Crippen molar-refractivity contribution in [3.63, 3.8) is 0 Å². The number of anilines is 4. The van der Waals surface area contributed by atoms with Crippen LogP contribution in [0.1, 0.15) is 61.8 Å². The Bertz CT molecular complexity index is 2480. The summed E-state index contributed by atoms with van der Waals surface area (Å²) < 4.78 is 0. The Morgan fingerprint density at radius 1 is 0.690 bits per heavy atom. The Labute approximate surface area is 336 Å². The zero-order chi connectivity index (χ0) is 41.1. The van der Waals surface area contributed by atoms with E-state index in [4.69, 9.17) is 22.0 Å². The predicted octanol–water partition coefficient (Wildman–Crippen LogP) is 7.27. The van der Waals surface area contributed by atoms with E-state index in [2.05, 4.69) is 66.5 Å². The van der Waals surface area contributed by atoms with Crippen molar-refractivity contribution in [2.24, 2.45) is 23.7 Å². The number of hydrogen-bond donors (Lipinski definition) is 4. The van der Waals surface area contributed by atoms with Crippen molar-refractivity contribution >= 4 is 56.6 Å². The number of nitrogens with one attached hydrogen (secondary N) is 2. The molecule has 292 valence electrons. The highest BCUT2D eigenvalue weighted by molar-refractivity contribution is 6.02. The van der Waals surface area contributed by atoms with Crippen LogP contribution in [0.15, 0.2) is 61.4 Å². The van der Waals surface area contributed by atoms with Crippen molar-refractivity contribution in [1.29, 1.82) is 10.5 Å². The molecule has 58 heavy (non-hydrogen) atoms. The lowest BCUT2D eigenvalue weighted by atomic mass is 9.97. The number of amides is 2. The smallest absolute Gasteiger partial charge is 0.228 e. The first-order chi connectivity index (χ1) is 28.1. The van der Waals surface area contributed by atoms with Crippen molar-refractivity contribution in [1.82, 2.24) is 29.9 Å². The molecule has 2 aliphatic rings. The third kappa shape index (κ3) is 7.95. The molecular formula is C44H44N12O2. The highest BCUT2D eigenvalue weighted by Gasteiger charge is 2.43. The highest BCUT2D eigenvalue weighted by Crippen LogP contribution is 2.43. The minimum atomic E-state index is -0.103. The maximum atomic E-state index is 12.4. The fraction of sp³-hybridized carbons (Fsp3) is 0.318. The monoisotopic (exact) mass is 772 g/mol. The number of nitrogen functional groups attached to an aromatic ring is 2. The summed E-state index contributed by atoms with van der Waals surface area (Å²) >= 11 is 0. The Morgan fingerprint density at radius 2 is 1.10 bits per heavy atom. The van der Waals surface area contributed by atoms with Crippen LogP contribution in [0.25, 0.3) is 44.1 Å². The van der Waals surface area contributed by atoms with Gasteiger partial charge in [-0.3, -0.25) is 19.6 Å². The second kappa shape index (κ2) is 16.6. The summed E-state index contributed by atoms with van der Waals surface area (Å²) in [6, 6.07) is 11.9. The molecule has 0 unspecified atom stereocenters. The molecule has 2 aliphatic carbocycles. The highest BCUT2D eigenvalue weighted by atomic mass is 16.2. The number of nitrogens with two attached hydrogens (primary N) is 2. The van der Waals surface area contributed by atoms with Gasteiger partial charge in [0.15, 0.2) is 0 Å². The predicted molar refractivity (Wildman–Crippen MR) is 224 cm³/mol. The molecule has 6 heterocycles. The third-order valence-electron chi connectivity index (χ3n) is 11.1. The quantitative estimate of drug-likeness (QED) is 0.108. The zero-order valence-electron chi connectivity index (χ0n) is 32.9. The minimum absolute atomic E-state index is 0.0829. The van der Waals surface area contributed by atoms with Gasteiger partial charge < -0.3 is 22.1 Å². The van der Waals surface area contributed by atoms with Gasteiger partial charge in [-0.1, -0.05) is 13.8 Å². The van der Waals surface area contributed by atoms with Crippen molar-refractivity contribution in [2.45, 2.75) is 66.2 Å². The lowest BCUT2D eigenvalue weighted by molar-refractivity contribution is -0.118. The second-order valence-electron chi connectivity index (χ2n) is 14.9. The molecule has 0 bridgehead atoms. The van der Waals surface area contributed by atoms with Crippen molar-refractivity contribution in [3.8, 4) is 34.7 Å². The maximum Gasteiger partial charge on any atom is 0.228 e. The number of aryl methyl sites for hydroxylation is 4. The molecule has 0 saturated heterocycles. The average Bonchev–Trinajstić information content (AvgIpc) is 4.15. The number of fused-ring (bicyclic) bond motifs is 2. The van der Waals surface area contributed by atoms with Crippen molar-refractivity contribution < 1.29 is 9.59 Å². The van der Waals surface area contributed by atoms with Crippen LogP contribution in [-0.4, -0.2) is 41.7 Å². The summed E-state index contributed by atoms with van der Waals surface area (Å²) in [5, 5.41) is 26.7. The second-order valence-corrected chi connectivity index (χ2v) is 14.9. The summed E-state index contributed by atoms with van der Waals surface area (Å²) in [5.74, 6) is 1.72. The van der Waals surface area contributed by atoms with Crippen LogP contribution >= 0.6 is 0 Å². The summed E-state index contributed by atoms with van der Waals surface area (Å²) in [4.78, 5) is 51.4. The van der Waals surface area contributed by atoms with E-state index in [9.17, 15) is 9.59 Å².